The maximum atomic E-state index is 13.0. The van der Waals surface area contributed by atoms with Crippen LogP contribution in [-0.2, 0) is 0 Å². The molecule has 0 saturated carbocycles. The first-order chi connectivity index (χ1) is 13.1. The number of Topliss-reactive ketones (excluding diaryl/α,β-unsaturated/α-hetero) is 2. The average Bonchev–Trinajstić information content (AvgIpc) is 2.95. The lowest BCUT2D eigenvalue weighted by molar-refractivity contribution is 0.0686. The summed E-state index contributed by atoms with van der Waals surface area (Å²) in [4.78, 5) is 52.2. The number of carbonyl (C=O) groups excluding carboxylic acids is 2. The normalized spacial score (nSPS) is 12.1. The second-order valence-electron chi connectivity index (χ2n) is 6.67. The Morgan fingerprint density at radius 3 is 2.29 bits per heavy atom. The van der Waals surface area contributed by atoms with Crippen molar-refractivity contribution in [3.05, 3.63) is 62.8 Å². The van der Waals surface area contributed by atoms with Gasteiger partial charge in [-0.15, -0.1) is 0 Å². The van der Waals surface area contributed by atoms with E-state index in [-0.39, 0.29) is 27.9 Å². The predicted octanol–water partition coefficient (Wildman–Crippen LogP) is 2.69. The minimum Gasteiger partial charge on any atom is -0.476 e. The molecule has 2 aromatic heterocycles. The molecule has 2 heterocycles. The van der Waals surface area contributed by atoms with Crippen LogP contribution in [0.5, 0.6) is 0 Å². The molecule has 0 fully saturated rings. The van der Waals surface area contributed by atoms with Crippen molar-refractivity contribution < 1.29 is 19.5 Å². The molecule has 3 aromatic rings. The van der Waals surface area contributed by atoms with Gasteiger partial charge in [0.15, 0.2) is 11.5 Å². The molecule has 0 radical (unpaired) electrons. The van der Waals surface area contributed by atoms with Crippen molar-refractivity contribution in [1.82, 2.24) is 14.8 Å². The number of rotatable bonds is 5. The number of aromatic nitrogens is 3. The Morgan fingerprint density at radius 2 is 1.75 bits per heavy atom. The van der Waals surface area contributed by atoms with Crippen LogP contribution in [0.1, 0.15) is 62.5 Å². The highest BCUT2D eigenvalue weighted by Gasteiger charge is 2.27. The fourth-order valence-corrected chi connectivity index (χ4v) is 3.47. The summed E-state index contributed by atoms with van der Waals surface area (Å²) in [6.07, 6.45) is 0. The molecule has 144 valence electrons. The van der Waals surface area contributed by atoms with E-state index in [4.69, 9.17) is 0 Å². The molecule has 8 heteroatoms. The first-order valence-electron chi connectivity index (χ1n) is 8.64. The maximum Gasteiger partial charge on any atom is 0.357 e. The number of nitrogens with one attached hydrogen (secondary N) is 1. The van der Waals surface area contributed by atoms with Gasteiger partial charge in [0.05, 0.1) is 11.1 Å². The number of ketones is 2. The second-order valence-corrected chi connectivity index (χ2v) is 6.67. The number of carbonyl (C=O) groups is 3. The molecule has 0 spiro atoms. The van der Waals surface area contributed by atoms with Crippen molar-refractivity contribution in [2.24, 2.45) is 0 Å². The van der Waals surface area contributed by atoms with Crippen molar-refractivity contribution in [3.8, 4) is 0 Å². The highest BCUT2D eigenvalue weighted by molar-refractivity contribution is 6.05. The summed E-state index contributed by atoms with van der Waals surface area (Å²) >= 11 is 0. The molecule has 0 aliphatic carbocycles. The van der Waals surface area contributed by atoms with E-state index in [0.717, 1.165) is 4.68 Å². The molecule has 3 rings (SSSR count). The Labute approximate surface area is 159 Å². The maximum absolute atomic E-state index is 13.0. The lowest BCUT2D eigenvalue weighted by Crippen LogP contribution is -2.32. The van der Waals surface area contributed by atoms with Gasteiger partial charge in [-0.3, -0.25) is 14.4 Å². The molecule has 0 aliphatic heterocycles. The van der Waals surface area contributed by atoms with E-state index in [1.165, 1.54) is 26.0 Å². The minimum atomic E-state index is -1.30. The smallest absolute Gasteiger partial charge is 0.357 e. The number of carboxylic acid groups (broad SMARTS) is 1. The summed E-state index contributed by atoms with van der Waals surface area (Å²) in [6.45, 7) is 6.23. The number of carboxylic acids is 1. The molecule has 1 atom stereocenters. The molecular formula is C20H19N3O5. The second kappa shape index (κ2) is 6.88. The number of fused-ring (bicyclic) bond motifs is 1. The standard InChI is InChI=1S/C20H19N3O5/c1-9-15(12(4)24)10(2)21-16(9)18(25)11(3)23-19(26)14-8-6-5-7-13(14)17(22-23)20(27)28/h5-8,11,21H,1-4H3,(H,27,28)/t11-/m1/s1. The Morgan fingerprint density at radius 1 is 1.14 bits per heavy atom. The molecular weight excluding hydrogens is 362 g/mol. The topological polar surface area (TPSA) is 122 Å². The van der Waals surface area contributed by atoms with Gasteiger partial charge in [0.2, 0.25) is 5.78 Å². The van der Waals surface area contributed by atoms with Crippen LogP contribution in [0.4, 0.5) is 0 Å². The number of aryl methyl sites for hydroxylation is 1. The molecule has 0 bridgehead atoms. The van der Waals surface area contributed by atoms with Gasteiger partial charge in [-0.25, -0.2) is 9.48 Å². The molecule has 0 unspecified atom stereocenters. The minimum absolute atomic E-state index is 0.165. The molecule has 8 nitrogen and oxygen atoms in total. The van der Waals surface area contributed by atoms with Crippen LogP contribution in [0.3, 0.4) is 0 Å². The predicted molar refractivity (Wildman–Crippen MR) is 102 cm³/mol. The molecule has 2 N–H and O–H groups in total. The third-order valence-corrected chi connectivity index (χ3v) is 4.81. The van der Waals surface area contributed by atoms with Gasteiger partial charge in [-0.1, -0.05) is 18.2 Å². The Bertz CT molecular complexity index is 1200. The van der Waals surface area contributed by atoms with Gasteiger partial charge in [0.1, 0.15) is 6.04 Å². The van der Waals surface area contributed by atoms with Crippen LogP contribution in [0.15, 0.2) is 29.1 Å². The Balaban J connectivity index is 2.18. The van der Waals surface area contributed by atoms with E-state index in [0.29, 0.717) is 16.8 Å². The van der Waals surface area contributed by atoms with Crippen LogP contribution >= 0.6 is 0 Å². The van der Waals surface area contributed by atoms with Crippen molar-refractivity contribution in [2.45, 2.75) is 33.7 Å². The largest absolute Gasteiger partial charge is 0.476 e. The zero-order chi connectivity index (χ0) is 20.7. The lowest BCUT2D eigenvalue weighted by Gasteiger charge is -2.15. The van der Waals surface area contributed by atoms with Crippen molar-refractivity contribution in [2.75, 3.05) is 0 Å². The van der Waals surface area contributed by atoms with Crippen molar-refractivity contribution in [3.63, 3.8) is 0 Å². The van der Waals surface area contributed by atoms with E-state index in [2.05, 4.69) is 10.1 Å². The number of benzene rings is 1. The number of aromatic amines is 1. The third kappa shape index (κ3) is 2.92. The van der Waals surface area contributed by atoms with Gasteiger partial charge in [0, 0.05) is 16.6 Å². The summed E-state index contributed by atoms with van der Waals surface area (Å²) in [5.41, 5.74) is 0.821. The zero-order valence-electron chi connectivity index (χ0n) is 15.9. The molecule has 0 saturated heterocycles. The van der Waals surface area contributed by atoms with Crippen LogP contribution in [-0.4, -0.2) is 37.4 Å². The summed E-state index contributed by atoms with van der Waals surface area (Å²) in [5.74, 6) is -1.93. The monoisotopic (exact) mass is 381 g/mol. The summed E-state index contributed by atoms with van der Waals surface area (Å²) in [7, 11) is 0. The number of hydrogen-bond acceptors (Lipinski definition) is 5. The van der Waals surface area contributed by atoms with E-state index < -0.39 is 23.4 Å². The van der Waals surface area contributed by atoms with E-state index in [9.17, 15) is 24.3 Å². The fraction of sp³-hybridized carbons (Fsp3) is 0.250. The molecule has 28 heavy (non-hydrogen) atoms. The Kier molecular flexibility index (Phi) is 4.72. The van der Waals surface area contributed by atoms with Crippen LogP contribution < -0.4 is 5.56 Å². The van der Waals surface area contributed by atoms with Crippen LogP contribution in [0.2, 0.25) is 0 Å². The third-order valence-electron chi connectivity index (χ3n) is 4.81. The molecule has 0 amide bonds. The highest BCUT2D eigenvalue weighted by Crippen LogP contribution is 2.23. The summed E-state index contributed by atoms with van der Waals surface area (Å²) in [6, 6.07) is 5.16. The Hall–Kier alpha value is -3.55. The SMILES string of the molecule is CC(=O)c1c(C)[nH]c(C(=O)[C@@H](C)n2nc(C(=O)O)c3ccccc3c2=O)c1C. The van der Waals surface area contributed by atoms with Gasteiger partial charge in [-0.05, 0) is 39.3 Å². The molecule has 0 aliphatic rings. The number of aromatic carboxylic acids is 1. The van der Waals surface area contributed by atoms with E-state index in [1.54, 1.807) is 26.0 Å². The van der Waals surface area contributed by atoms with Gasteiger partial charge in [-0.2, -0.15) is 5.10 Å². The lowest BCUT2D eigenvalue weighted by atomic mass is 10.0. The number of H-pyrrole nitrogens is 1. The van der Waals surface area contributed by atoms with Gasteiger partial charge in [0.25, 0.3) is 5.56 Å². The quantitative estimate of drug-likeness (QED) is 0.655. The number of hydrogen-bond donors (Lipinski definition) is 2. The van der Waals surface area contributed by atoms with E-state index >= 15 is 0 Å². The first kappa shape index (κ1) is 19.2. The van der Waals surface area contributed by atoms with Crippen molar-refractivity contribution in [1.29, 1.82) is 0 Å². The first-order valence-corrected chi connectivity index (χ1v) is 8.64. The van der Waals surface area contributed by atoms with E-state index in [1.807, 2.05) is 0 Å². The highest BCUT2D eigenvalue weighted by atomic mass is 16.4. The van der Waals surface area contributed by atoms with Gasteiger partial charge >= 0.3 is 5.97 Å². The van der Waals surface area contributed by atoms with Crippen LogP contribution in [0, 0.1) is 13.8 Å². The van der Waals surface area contributed by atoms with Crippen LogP contribution in [0.25, 0.3) is 10.8 Å². The zero-order valence-corrected chi connectivity index (χ0v) is 15.9. The molecule has 1 aromatic carbocycles. The van der Waals surface area contributed by atoms with Crippen molar-refractivity contribution >= 4 is 28.3 Å². The fourth-order valence-electron chi connectivity index (χ4n) is 3.47. The summed E-state index contributed by atoms with van der Waals surface area (Å²) < 4.78 is 0.886. The summed E-state index contributed by atoms with van der Waals surface area (Å²) in [5, 5.41) is 13.8. The average molecular weight is 381 g/mol. The van der Waals surface area contributed by atoms with Gasteiger partial charge < -0.3 is 10.1 Å². The number of nitrogens with zero attached hydrogens (tertiary/aromatic N) is 2.